The molecule has 4 aromatic rings. The standard InChI is InChI=1S/C25H20N2O4/c28-25(26-13-12-17-10-11-22-24(14-17)30-16-29-22)21-15-23(31-27-21)20-9-5-4-8-19(20)18-6-2-1-3-7-18/h1-11,14-15H,12-13,16H2,(H,26,28). The van der Waals surface area contributed by atoms with E-state index in [-0.39, 0.29) is 18.4 Å². The number of carbonyl (C=O) groups excluding carboxylic acids is 1. The number of hydrogen-bond donors (Lipinski definition) is 1. The van der Waals surface area contributed by atoms with Crippen molar-refractivity contribution in [1.82, 2.24) is 10.5 Å². The van der Waals surface area contributed by atoms with Crippen LogP contribution in [0.25, 0.3) is 22.5 Å². The first-order valence-corrected chi connectivity index (χ1v) is 10.1. The first-order chi connectivity index (χ1) is 15.3. The zero-order chi connectivity index (χ0) is 21.0. The largest absolute Gasteiger partial charge is 0.454 e. The van der Waals surface area contributed by atoms with Gasteiger partial charge in [0.25, 0.3) is 5.91 Å². The lowest BCUT2D eigenvalue weighted by molar-refractivity contribution is 0.0945. The van der Waals surface area contributed by atoms with Gasteiger partial charge in [0, 0.05) is 18.2 Å². The molecular formula is C25H20N2O4. The number of nitrogens with one attached hydrogen (secondary N) is 1. The molecule has 0 saturated heterocycles. The lowest BCUT2D eigenvalue weighted by Gasteiger charge is -2.06. The van der Waals surface area contributed by atoms with Gasteiger partial charge >= 0.3 is 0 Å². The molecule has 6 heteroatoms. The topological polar surface area (TPSA) is 73.6 Å². The number of amides is 1. The van der Waals surface area contributed by atoms with Gasteiger partial charge in [-0.3, -0.25) is 4.79 Å². The predicted octanol–water partition coefficient (Wildman–Crippen LogP) is 4.71. The third-order valence-corrected chi connectivity index (χ3v) is 5.16. The van der Waals surface area contributed by atoms with Crippen LogP contribution in [0.15, 0.2) is 83.4 Å². The van der Waals surface area contributed by atoms with Gasteiger partial charge in [-0.05, 0) is 35.2 Å². The maximum Gasteiger partial charge on any atom is 0.273 e. The van der Waals surface area contributed by atoms with E-state index in [0.29, 0.717) is 18.7 Å². The lowest BCUT2D eigenvalue weighted by Crippen LogP contribution is -2.25. The molecule has 0 spiro atoms. The van der Waals surface area contributed by atoms with Crippen LogP contribution in [0, 0.1) is 0 Å². The van der Waals surface area contributed by atoms with Gasteiger partial charge in [0.2, 0.25) is 6.79 Å². The van der Waals surface area contributed by atoms with E-state index in [1.165, 1.54) is 0 Å². The highest BCUT2D eigenvalue weighted by Gasteiger charge is 2.17. The maximum atomic E-state index is 12.5. The van der Waals surface area contributed by atoms with Crippen molar-refractivity contribution < 1.29 is 18.8 Å². The number of hydrogen-bond acceptors (Lipinski definition) is 5. The zero-order valence-corrected chi connectivity index (χ0v) is 16.7. The van der Waals surface area contributed by atoms with Gasteiger partial charge in [0.05, 0.1) is 0 Å². The summed E-state index contributed by atoms with van der Waals surface area (Å²) in [7, 11) is 0. The number of ether oxygens (including phenoxy) is 2. The molecule has 2 heterocycles. The molecule has 0 saturated carbocycles. The van der Waals surface area contributed by atoms with Crippen molar-refractivity contribution in [2.45, 2.75) is 6.42 Å². The Bertz CT molecular complexity index is 1220. The summed E-state index contributed by atoms with van der Waals surface area (Å²) in [6.07, 6.45) is 0.671. The summed E-state index contributed by atoms with van der Waals surface area (Å²) < 4.78 is 16.2. The van der Waals surface area contributed by atoms with Crippen molar-refractivity contribution >= 4 is 5.91 Å². The van der Waals surface area contributed by atoms with E-state index in [4.69, 9.17) is 14.0 Å². The van der Waals surface area contributed by atoms with Crippen LogP contribution in [0.1, 0.15) is 16.1 Å². The van der Waals surface area contributed by atoms with Gasteiger partial charge in [-0.15, -0.1) is 0 Å². The lowest BCUT2D eigenvalue weighted by atomic mass is 9.98. The van der Waals surface area contributed by atoms with E-state index in [1.54, 1.807) is 6.07 Å². The van der Waals surface area contributed by atoms with Crippen LogP contribution in [-0.2, 0) is 6.42 Å². The fraction of sp³-hybridized carbons (Fsp3) is 0.120. The van der Waals surface area contributed by atoms with Crippen LogP contribution in [0.4, 0.5) is 0 Å². The molecule has 3 aromatic carbocycles. The zero-order valence-electron chi connectivity index (χ0n) is 16.7. The number of nitrogens with zero attached hydrogens (tertiary/aromatic N) is 1. The Hall–Kier alpha value is -4.06. The SMILES string of the molecule is O=C(NCCc1ccc2c(c1)OCO2)c1cc(-c2ccccc2-c2ccccc2)on1. The average molecular weight is 412 g/mol. The summed E-state index contributed by atoms with van der Waals surface area (Å²) in [6, 6.07) is 25.4. The summed E-state index contributed by atoms with van der Waals surface area (Å²) in [5.41, 5.74) is 4.30. The molecule has 0 radical (unpaired) electrons. The van der Waals surface area contributed by atoms with Crippen LogP contribution in [0.3, 0.4) is 0 Å². The second-order valence-electron chi connectivity index (χ2n) is 7.18. The average Bonchev–Trinajstić information content (AvgIpc) is 3.49. The third-order valence-electron chi connectivity index (χ3n) is 5.16. The highest BCUT2D eigenvalue weighted by Crippen LogP contribution is 2.33. The normalized spacial score (nSPS) is 12.0. The molecule has 31 heavy (non-hydrogen) atoms. The smallest absolute Gasteiger partial charge is 0.273 e. The minimum Gasteiger partial charge on any atom is -0.454 e. The van der Waals surface area contributed by atoms with Crippen molar-refractivity contribution in [3.05, 3.63) is 90.1 Å². The predicted molar refractivity (Wildman–Crippen MR) is 116 cm³/mol. The van der Waals surface area contributed by atoms with Crippen molar-refractivity contribution in [2.75, 3.05) is 13.3 Å². The third kappa shape index (κ3) is 4.00. The Morgan fingerprint density at radius 1 is 0.871 bits per heavy atom. The number of rotatable bonds is 6. The van der Waals surface area contributed by atoms with Gasteiger partial charge in [0.1, 0.15) is 0 Å². The van der Waals surface area contributed by atoms with Crippen molar-refractivity contribution in [3.8, 4) is 33.9 Å². The summed E-state index contributed by atoms with van der Waals surface area (Å²) in [5, 5.41) is 6.87. The number of carbonyl (C=O) groups is 1. The van der Waals surface area contributed by atoms with E-state index in [9.17, 15) is 4.79 Å². The van der Waals surface area contributed by atoms with E-state index >= 15 is 0 Å². The van der Waals surface area contributed by atoms with Crippen LogP contribution >= 0.6 is 0 Å². The quantitative estimate of drug-likeness (QED) is 0.497. The Labute approximate surface area is 179 Å². The molecule has 0 fully saturated rings. The molecule has 6 nitrogen and oxygen atoms in total. The number of aromatic nitrogens is 1. The maximum absolute atomic E-state index is 12.5. The minimum absolute atomic E-state index is 0.247. The summed E-state index contributed by atoms with van der Waals surface area (Å²) in [5.74, 6) is 1.77. The van der Waals surface area contributed by atoms with E-state index in [2.05, 4.69) is 10.5 Å². The first kappa shape index (κ1) is 18.9. The van der Waals surface area contributed by atoms with Crippen molar-refractivity contribution in [1.29, 1.82) is 0 Å². The monoisotopic (exact) mass is 412 g/mol. The van der Waals surface area contributed by atoms with Crippen LogP contribution in [-0.4, -0.2) is 24.4 Å². The molecule has 0 atom stereocenters. The Morgan fingerprint density at radius 3 is 2.52 bits per heavy atom. The van der Waals surface area contributed by atoms with Crippen molar-refractivity contribution in [3.63, 3.8) is 0 Å². The second kappa shape index (κ2) is 8.36. The van der Waals surface area contributed by atoms with Crippen LogP contribution < -0.4 is 14.8 Å². The number of fused-ring (bicyclic) bond motifs is 1. The fourth-order valence-corrected chi connectivity index (χ4v) is 3.58. The van der Waals surface area contributed by atoms with Gasteiger partial charge in [0.15, 0.2) is 23.0 Å². The van der Waals surface area contributed by atoms with Gasteiger partial charge < -0.3 is 19.3 Å². The van der Waals surface area contributed by atoms with E-state index in [0.717, 1.165) is 33.8 Å². The molecule has 0 aliphatic carbocycles. The molecule has 0 bridgehead atoms. The number of benzene rings is 3. The summed E-state index contributed by atoms with van der Waals surface area (Å²) >= 11 is 0. The van der Waals surface area contributed by atoms with Gasteiger partial charge in [-0.25, -0.2) is 0 Å². The summed E-state index contributed by atoms with van der Waals surface area (Å²) in [4.78, 5) is 12.5. The first-order valence-electron chi connectivity index (χ1n) is 10.1. The van der Waals surface area contributed by atoms with Gasteiger partial charge in [-0.2, -0.15) is 0 Å². The molecule has 1 aromatic heterocycles. The molecular weight excluding hydrogens is 392 g/mol. The fourth-order valence-electron chi connectivity index (χ4n) is 3.58. The molecule has 0 unspecified atom stereocenters. The molecule has 1 aliphatic heterocycles. The molecule has 154 valence electrons. The highest BCUT2D eigenvalue weighted by molar-refractivity contribution is 5.93. The minimum atomic E-state index is -0.270. The van der Waals surface area contributed by atoms with Gasteiger partial charge in [-0.1, -0.05) is 65.8 Å². The Kier molecular flexibility index (Phi) is 5.10. The van der Waals surface area contributed by atoms with Crippen LogP contribution in [0.2, 0.25) is 0 Å². The molecule has 1 N–H and O–H groups in total. The van der Waals surface area contributed by atoms with Crippen LogP contribution in [0.5, 0.6) is 11.5 Å². The molecule has 1 amide bonds. The Morgan fingerprint density at radius 2 is 1.65 bits per heavy atom. The molecule has 1 aliphatic rings. The van der Waals surface area contributed by atoms with Crippen molar-refractivity contribution in [2.24, 2.45) is 0 Å². The Balaban J connectivity index is 1.26. The molecule has 5 rings (SSSR count). The summed E-state index contributed by atoms with van der Waals surface area (Å²) in [6.45, 7) is 0.721. The highest BCUT2D eigenvalue weighted by atomic mass is 16.7. The van der Waals surface area contributed by atoms with E-state index in [1.807, 2.05) is 72.8 Å². The van der Waals surface area contributed by atoms with E-state index < -0.39 is 0 Å². The second-order valence-corrected chi connectivity index (χ2v) is 7.18.